The molecule has 1 saturated carbocycles. The van der Waals surface area contributed by atoms with Gasteiger partial charge >= 0.3 is 0 Å². The highest BCUT2D eigenvalue weighted by molar-refractivity contribution is 4.91. The van der Waals surface area contributed by atoms with E-state index in [1.807, 2.05) is 0 Å². The fraction of sp³-hybridized carbons (Fsp3) is 1.00. The fourth-order valence-electron chi connectivity index (χ4n) is 4.16. The number of rotatable bonds is 4. The van der Waals surface area contributed by atoms with Crippen LogP contribution >= 0.6 is 0 Å². The van der Waals surface area contributed by atoms with E-state index in [1.165, 1.54) is 51.4 Å². The van der Waals surface area contributed by atoms with Crippen LogP contribution in [-0.4, -0.2) is 25.3 Å². The minimum Gasteiger partial charge on any atom is -0.375 e. The number of hydrogen-bond donors (Lipinski definition) is 1. The molecule has 0 aromatic rings. The Kier molecular flexibility index (Phi) is 4.94. The van der Waals surface area contributed by atoms with Crippen molar-refractivity contribution in [1.82, 2.24) is 5.32 Å². The van der Waals surface area contributed by atoms with E-state index in [9.17, 15) is 0 Å². The summed E-state index contributed by atoms with van der Waals surface area (Å²) in [5.74, 6) is 0.894. The third kappa shape index (κ3) is 3.95. The van der Waals surface area contributed by atoms with Crippen LogP contribution in [0.4, 0.5) is 0 Å². The van der Waals surface area contributed by atoms with Crippen molar-refractivity contribution in [2.75, 3.05) is 13.7 Å². The lowest BCUT2D eigenvalue weighted by Crippen LogP contribution is -2.40. The summed E-state index contributed by atoms with van der Waals surface area (Å²) < 4.78 is 6.14. The van der Waals surface area contributed by atoms with Gasteiger partial charge < -0.3 is 10.1 Å². The van der Waals surface area contributed by atoms with Gasteiger partial charge in [-0.25, -0.2) is 0 Å². The van der Waals surface area contributed by atoms with Crippen molar-refractivity contribution in [1.29, 1.82) is 0 Å². The first kappa shape index (κ1) is 15.3. The van der Waals surface area contributed by atoms with Crippen LogP contribution in [0.2, 0.25) is 0 Å². The Bertz CT molecular complexity index is 275. The molecule has 2 rings (SSSR count). The van der Waals surface area contributed by atoms with E-state index in [0.717, 1.165) is 12.5 Å². The Morgan fingerprint density at radius 1 is 1.26 bits per heavy atom. The van der Waals surface area contributed by atoms with E-state index in [-0.39, 0.29) is 0 Å². The highest BCUT2D eigenvalue weighted by Crippen LogP contribution is 2.43. The average Bonchev–Trinajstić information content (AvgIpc) is 2.76. The van der Waals surface area contributed by atoms with Gasteiger partial charge in [-0.1, -0.05) is 33.6 Å². The molecule has 0 aromatic heterocycles. The maximum Gasteiger partial charge on any atom is 0.0685 e. The Morgan fingerprint density at radius 3 is 2.53 bits per heavy atom. The fourth-order valence-corrected chi connectivity index (χ4v) is 4.16. The first-order valence-electron chi connectivity index (χ1n) is 8.26. The van der Waals surface area contributed by atoms with Gasteiger partial charge in [-0.15, -0.1) is 0 Å². The van der Waals surface area contributed by atoms with Crippen molar-refractivity contribution in [3.63, 3.8) is 0 Å². The minimum atomic E-state index is 0.291. The van der Waals surface area contributed by atoms with E-state index in [4.69, 9.17) is 4.74 Å². The molecule has 0 radical (unpaired) electrons. The molecule has 2 aliphatic rings. The summed E-state index contributed by atoms with van der Waals surface area (Å²) in [5, 5.41) is 3.51. The molecule has 2 nitrogen and oxygen atoms in total. The molecule has 1 saturated heterocycles. The summed E-state index contributed by atoms with van der Waals surface area (Å²) in [6.07, 6.45) is 10.7. The summed E-state index contributed by atoms with van der Waals surface area (Å²) in [7, 11) is 2.11. The number of nitrogens with one attached hydrogen (secondary N) is 1. The van der Waals surface area contributed by atoms with Crippen LogP contribution in [0.15, 0.2) is 0 Å². The third-order valence-corrected chi connectivity index (χ3v) is 5.37. The van der Waals surface area contributed by atoms with Gasteiger partial charge in [0.25, 0.3) is 0 Å². The van der Waals surface area contributed by atoms with Crippen LogP contribution in [0.25, 0.3) is 0 Å². The zero-order valence-corrected chi connectivity index (χ0v) is 13.4. The summed E-state index contributed by atoms with van der Waals surface area (Å²) in [6, 6.07) is 0.634. The van der Waals surface area contributed by atoms with Crippen LogP contribution in [0.3, 0.4) is 0 Å². The largest absolute Gasteiger partial charge is 0.375 e. The molecule has 1 aliphatic carbocycles. The Labute approximate surface area is 119 Å². The van der Waals surface area contributed by atoms with E-state index < -0.39 is 0 Å². The molecule has 1 spiro atoms. The molecular formula is C17H33NO. The predicted molar refractivity (Wildman–Crippen MR) is 81.4 cm³/mol. The molecule has 112 valence electrons. The first-order valence-corrected chi connectivity index (χ1v) is 8.26. The Balaban J connectivity index is 1.82. The van der Waals surface area contributed by atoms with Gasteiger partial charge in [0.15, 0.2) is 0 Å². The monoisotopic (exact) mass is 267 g/mol. The zero-order valence-electron chi connectivity index (χ0n) is 13.4. The van der Waals surface area contributed by atoms with E-state index in [0.29, 0.717) is 17.1 Å². The minimum absolute atomic E-state index is 0.291. The van der Waals surface area contributed by atoms with Crippen molar-refractivity contribution in [3.05, 3.63) is 0 Å². The normalized spacial score (nSPS) is 28.7. The molecule has 2 fully saturated rings. The van der Waals surface area contributed by atoms with Crippen molar-refractivity contribution in [2.24, 2.45) is 11.3 Å². The Hall–Kier alpha value is -0.0800. The number of ether oxygens (including phenoxy) is 1. The first-order chi connectivity index (χ1) is 8.95. The summed E-state index contributed by atoms with van der Waals surface area (Å²) in [5.41, 5.74) is 0.657. The molecule has 1 heterocycles. The van der Waals surface area contributed by atoms with Crippen LogP contribution in [0.1, 0.15) is 72.1 Å². The second-order valence-corrected chi connectivity index (χ2v) is 7.88. The zero-order chi connectivity index (χ0) is 13.9. The third-order valence-electron chi connectivity index (χ3n) is 5.37. The van der Waals surface area contributed by atoms with Gasteiger partial charge in [0, 0.05) is 12.6 Å². The molecular weight excluding hydrogens is 234 g/mol. The molecule has 1 aliphatic heterocycles. The van der Waals surface area contributed by atoms with Crippen LogP contribution in [0, 0.1) is 11.3 Å². The maximum atomic E-state index is 6.14. The van der Waals surface area contributed by atoms with Crippen LogP contribution in [0.5, 0.6) is 0 Å². The lowest BCUT2D eigenvalue weighted by molar-refractivity contribution is -0.0943. The van der Waals surface area contributed by atoms with E-state index in [2.05, 4.69) is 33.1 Å². The number of hydrogen-bond acceptors (Lipinski definition) is 2. The van der Waals surface area contributed by atoms with Crippen molar-refractivity contribution < 1.29 is 4.74 Å². The summed E-state index contributed by atoms with van der Waals surface area (Å²) >= 11 is 0. The van der Waals surface area contributed by atoms with Crippen LogP contribution < -0.4 is 5.32 Å². The molecule has 2 unspecified atom stereocenters. The SMILES string of the molecule is CNC(CCC1CCOC2(CCCC2)C1)C(C)(C)C. The lowest BCUT2D eigenvalue weighted by atomic mass is 9.78. The van der Waals surface area contributed by atoms with Gasteiger partial charge in [-0.3, -0.25) is 0 Å². The molecule has 0 amide bonds. The van der Waals surface area contributed by atoms with Crippen molar-refractivity contribution in [2.45, 2.75) is 83.8 Å². The molecule has 2 heteroatoms. The topological polar surface area (TPSA) is 21.3 Å². The second kappa shape index (κ2) is 6.13. The summed E-state index contributed by atoms with van der Waals surface area (Å²) in [4.78, 5) is 0. The van der Waals surface area contributed by atoms with Gasteiger partial charge in [-0.2, -0.15) is 0 Å². The molecule has 19 heavy (non-hydrogen) atoms. The molecule has 0 aromatic carbocycles. The van der Waals surface area contributed by atoms with Gasteiger partial charge in [0.2, 0.25) is 0 Å². The van der Waals surface area contributed by atoms with Gasteiger partial charge in [-0.05, 0) is 56.9 Å². The molecule has 1 N–H and O–H groups in total. The maximum absolute atomic E-state index is 6.14. The standard InChI is InChI=1S/C17H33NO/c1-16(2,3)15(18-4)8-7-14-9-12-19-17(13-14)10-5-6-11-17/h14-15,18H,5-13H2,1-4H3. The highest BCUT2D eigenvalue weighted by atomic mass is 16.5. The average molecular weight is 267 g/mol. The van der Waals surface area contributed by atoms with Crippen molar-refractivity contribution in [3.8, 4) is 0 Å². The van der Waals surface area contributed by atoms with Gasteiger partial charge in [0.1, 0.15) is 0 Å². The van der Waals surface area contributed by atoms with Crippen LogP contribution in [-0.2, 0) is 4.74 Å². The van der Waals surface area contributed by atoms with Crippen molar-refractivity contribution >= 4 is 0 Å². The van der Waals surface area contributed by atoms with E-state index >= 15 is 0 Å². The smallest absolute Gasteiger partial charge is 0.0685 e. The summed E-state index contributed by atoms with van der Waals surface area (Å²) in [6.45, 7) is 8.04. The van der Waals surface area contributed by atoms with Gasteiger partial charge in [0.05, 0.1) is 5.60 Å². The molecule has 0 bridgehead atoms. The quantitative estimate of drug-likeness (QED) is 0.826. The van der Waals surface area contributed by atoms with E-state index in [1.54, 1.807) is 0 Å². The second-order valence-electron chi connectivity index (χ2n) is 7.88. The predicted octanol–water partition coefficient (Wildman–Crippen LogP) is 4.14. The molecule has 2 atom stereocenters. The lowest BCUT2D eigenvalue weighted by Gasteiger charge is -2.39. The Morgan fingerprint density at radius 2 is 1.95 bits per heavy atom. The highest BCUT2D eigenvalue weighted by Gasteiger charge is 2.39.